The molecule has 1 aromatic rings. The lowest BCUT2D eigenvalue weighted by molar-refractivity contribution is -0.134. The number of carbonyl (C=O) groups is 2. The molecule has 3 aliphatic rings. The molecule has 0 radical (unpaired) electrons. The molecule has 1 aromatic carbocycles. The normalized spacial score (nSPS) is 27.2. The summed E-state index contributed by atoms with van der Waals surface area (Å²) in [6.07, 6.45) is 7.76. The fourth-order valence-electron chi connectivity index (χ4n) is 4.67. The van der Waals surface area contributed by atoms with E-state index in [1.54, 1.807) is 0 Å². The Morgan fingerprint density at radius 3 is 2.42 bits per heavy atom. The zero-order chi connectivity index (χ0) is 16.5. The maximum absolute atomic E-state index is 13.4. The summed E-state index contributed by atoms with van der Waals surface area (Å²) in [5.41, 5.74) is 1.70. The van der Waals surface area contributed by atoms with E-state index in [0.717, 1.165) is 62.9 Å². The van der Waals surface area contributed by atoms with E-state index in [2.05, 4.69) is 4.90 Å². The molecule has 128 valence electrons. The molecule has 0 N–H and O–H groups in total. The Morgan fingerprint density at radius 1 is 0.917 bits per heavy atom. The van der Waals surface area contributed by atoms with Crippen LogP contribution in [0.1, 0.15) is 66.8 Å². The number of hydrogen-bond acceptors (Lipinski definition) is 2. The Morgan fingerprint density at radius 2 is 1.62 bits per heavy atom. The topological polar surface area (TPSA) is 40.6 Å². The molecule has 0 bridgehead atoms. The molecule has 2 amide bonds. The molecule has 0 spiro atoms. The summed E-state index contributed by atoms with van der Waals surface area (Å²) in [6.45, 7) is 2.54. The third kappa shape index (κ3) is 2.62. The van der Waals surface area contributed by atoms with Crippen molar-refractivity contribution in [2.75, 3.05) is 19.6 Å². The van der Waals surface area contributed by atoms with Crippen LogP contribution in [0.3, 0.4) is 0 Å². The third-order valence-electron chi connectivity index (χ3n) is 5.90. The van der Waals surface area contributed by atoms with Gasteiger partial charge in [-0.15, -0.1) is 0 Å². The predicted octanol–water partition coefficient (Wildman–Crippen LogP) is 3.18. The molecule has 0 saturated carbocycles. The second-order valence-corrected chi connectivity index (χ2v) is 7.37. The first kappa shape index (κ1) is 15.7. The molecule has 2 unspecified atom stereocenters. The number of carbonyl (C=O) groups excluding carboxylic acids is 2. The highest BCUT2D eigenvalue weighted by atomic mass is 16.2. The summed E-state index contributed by atoms with van der Waals surface area (Å²) in [6, 6.07) is 7.82. The van der Waals surface area contributed by atoms with Gasteiger partial charge in [0, 0.05) is 31.2 Å². The number of fused-ring (bicyclic) bond motifs is 2. The van der Waals surface area contributed by atoms with Crippen molar-refractivity contribution in [1.82, 2.24) is 9.80 Å². The van der Waals surface area contributed by atoms with Crippen LogP contribution in [0, 0.1) is 0 Å². The van der Waals surface area contributed by atoms with Gasteiger partial charge in [-0.05, 0) is 43.7 Å². The summed E-state index contributed by atoms with van der Waals surface area (Å²) in [5, 5.41) is 0. The maximum Gasteiger partial charge on any atom is 0.254 e. The highest BCUT2D eigenvalue weighted by Gasteiger charge is 2.45. The van der Waals surface area contributed by atoms with Crippen molar-refractivity contribution in [2.24, 2.45) is 0 Å². The molecule has 0 aliphatic carbocycles. The van der Waals surface area contributed by atoms with Crippen LogP contribution in [0.5, 0.6) is 0 Å². The predicted molar refractivity (Wildman–Crippen MR) is 92.9 cm³/mol. The minimum Gasteiger partial charge on any atom is -0.342 e. The van der Waals surface area contributed by atoms with E-state index in [-0.39, 0.29) is 23.8 Å². The monoisotopic (exact) mass is 326 g/mol. The SMILES string of the molecule is O=C(C1c2ccccc2C(=O)N2CCCCC12)N1CCCCCC1. The van der Waals surface area contributed by atoms with Crippen molar-refractivity contribution in [2.45, 2.75) is 56.9 Å². The van der Waals surface area contributed by atoms with Crippen LogP contribution in [0.2, 0.25) is 0 Å². The Bertz CT molecular complexity index is 634. The van der Waals surface area contributed by atoms with Crippen LogP contribution in [0.15, 0.2) is 24.3 Å². The first-order chi connectivity index (χ1) is 11.8. The van der Waals surface area contributed by atoms with Gasteiger partial charge in [-0.25, -0.2) is 0 Å². The lowest BCUT2D eigenvalue weighted by Crippen LogP contribution is -2.54. The largest absolute Gasteiger partial charge is 0.342 e. The maximum atomic E-state index is 13.4. The van der Waals surface area contributed by atoms with Crippen molar-refractivity contribution in [1.29, 1.82) is 0 Å². The number of likely N-dealkylation sites (tertiary alicyclic amines) is 1. The van der Waals surface area contributed by atoms with Crippen molar-refractivity contribution in [3.05, 3.63) is 35.4 Å². The highest BCUT2D eigenvalue weighted by molar-refractivity contribution is 6.01. The van der Waals surface area contributed by atoms with Gasteiger partial charge >= 0.3 is 0 Å². The van der Waals surface area contributed by atoms with E-state index in [1.807, 2.05) is 29.2 Å². The van der Waals surface area contributed by atoms with Gasteiger partial charge in [0.25, 0.3) is 5.91 Å². The Kier molecular flexibility index (Phi) is 4.30. The van der Waals surface area contributed by atoms with E-state index in [9.17, 15) is 9.59 Å². The first-order valence-electron chi connectivity index (χ1n) is 9.46. The zero-order valence-electron chi connectivity index (χ0n) is 14.2. The summed E-state index contributed by atoms with van der Waals surface area (Å²) in [7, 11) is 0. The molecule has 0 aromatic heterocycles. The molecular formula is C20H26N2O2. The summed E-state index contributed by atoms with van der Waals surface area (Å²) in [4.78, 5) is 30.3. The minimum atomic E-state index is -0.169. The molecule has 4 heteroatoms. The van der Waals surface area contributed by atoms with Gasteiger partial charge in [0.15, 0.2) is 0 Å². The van der Waals surface area contributed by atoms with Crippen LogP contribution < -0.4 is 0 Å². The van der Waals surface area contributed by atoms with Crippen molar-refractivity contribution in [3.63, 3.8) is 0 Å². The summed E-state index contributed by atoms with van der Waals surface area (Å²) in [5.74, 6) is 0.196. The van der Waals surface area contributed by atoms with Crippen LogP contribution in [-0.2, 0) is 4.79 Å². The number of hydrogen-bond donors (Lipinski definition) is 0. The van der Waals surface area contributed by atoms with Crippen LogP contribution in [0.25, 0.3) is 0 Å². The molecule has 24 heavy (non-hydrogen) atoms. The second-order valence-electron chi connectivity index (χ2n) is 7.37. The summed E-state index contributed by atoms with van der Waals surface area (Å²) < 4.78 is 0. The fraction of sp³-hybridized carbons (Fsp3) is 0.600. The van der Waals surface area contributed by atoms with Gasteiger partial charge in [-0.3, -0.25) is 9.59 Å². The van der Waals surface area contributed by atoms with E-state index in [0.29, 0.717) is 0 Å². The standard InChI is InChI=1S/C20H26N2O2/c23-19-16-10-4-3-9-15(16)18(17-11-5-8-14-22(17)19)20(24)21-12-6-1-2-7-13-21/h3-4,9-10,17-18H,1-2,5-8,11-14H2. The van der Waals surface area contributed by atoms with Gasteiger partial charge in [0.05, 0.1) is 5.92 Å². The smallest absolute Gasteiger partial charge is 0.254 e. The zero-order valence-corrected chi connectivity index (χ0v) is 14.2. The molecule has 4 rings (SSSR count). The molecule has 3 aliphatic heterocycles. The molecular weight excluding hydrogens is 300 g/mol. The number of piperidine rings is 1. The van der Waals surface area contributed by atoms with Crippen molar-refractivity contribution in [3.8, 4) is 0 Å². The van der Waals surface area contributed by atoms with Crippen molar-refractivity contribution < 1.29 is 9.59 Å². The van der Waals surface area contributed by atoms with E-state index in [1.165, 1.54) is 12.8 Å². The van der Waals surface area contributed by atoms with Crippen LogP contribution >= 0.6 is 0 Å². The quantitative estimate of drug-likeness (QED) is 0.795. The molecule has 2 fully saturated rings. The molecule has 2 atom stereocenters. The van der Waals surface area contributed by atoms with Gasteiger partial charge in [-0.1, -0.05) is 31.0 Å². The van der Waals surface area contributed by atoms with E-state index >= 15 is 0 Å². The lowest BCUT2D eigenvalue weighted by Gasteiger charge is -2.45. The average molecular weight is 326 g/mol. The van der Waals surface area contributed by atoms with Gasteiger partial charge < -0.3 is 9.80 Å². The third-order valence-corrected chi connectivity index (χ3v) is 5.90. The summed E-state index contributed by atoms with van der Waals surface area (Å²) >= 11 is 0. The van der Waals surface area contributed by atoms with Crippen LogP contribution in [-0.4, -0.2) is 47.3 Å². The Hall–Kier alpha value is -1.84. The number of rotatable bonds is 1. The first-order valence-corrected chi connectivity index (χ1v) is 9.46. The molecule has 2 saturated heterocycles. The number of benzene rings is 1. The van der Waals surface area contributed by atoms with Gasteiger partial charge in [0.2, 0.25) is 5.91 Å². The average Bonchev–Trinajstić information content (AvgIpc) is 2.91. The minimum absolute atomic E-state index is 0.0527. The number of amides is 2. The molecule has 3 heterocycles. The van der Waals surface area contributed by atoms with E-state index in [4.69, 9.17) is 0 Å². The Labute approximate surface area is 143 Å². The van der Waals surface area contributed by atoms with Crippen LogP contribution in [0.4, 0.5) is 0 Å². The number of nitrogens with zero attached hydrogens (tertiary/aromatic N) is 2. The van der Waals surface area contributed by atoms with E-state index < -0.39 is 0 Å². The van der Waals surface area contributed by atoms with Gasteiger partial charge in [0.1, 0.15) is 0 Å². The second kappa shape index (κ2) is 6.58. The molecule has 4 nitrogen and oxygen atoms in total. The van der Waals surface area contributed by atoms with Crippen molar-refractivity contribution >= 4 is 11.8 Å². The highest BCUT2D eigenvalue weighted by Crippen LogP contribution is 2.39. The Balaban J connectivity index is 1.72. The van der Waals surface area contributed by atoms with Gasteiger partial charge in [-0.2, -0.15) is 0 Å². The fourth-order valence-corrected chi connectivity index (χ4v) is 4.67. The lowest BCUT2D eigenvalue weighted by atomic mass is 9.78.